The lowest BCUT2D eigenvalue weighted by Crippen LogP contribution is -2.02. The van der Waals surface area contributed by atoms with Crippen molar-refractivity contribution in [2.24, 2.45) is 5.73 Å². The highest BCUT2D eigenvalue weighted by atomic mass is 16.3. The predicted molar refractivity (Wildman–Crippen MR) is 33.6 cm³/mol. The zero-order valence-corrected chi connectivity index (χ0v) is 5.35. The van der Waals surface area contributed by atoms with Gasteiger partial charge in [-0.3, -0.25) is 0 Å². The summed E-state index contributed by atoms with van der Waals surface area (Å²) in [6, 6.07) is 0. The summed E-state index contributed by atoms with van der Waals surface area (Å²) in [5.74, 6) is 0.167. The maximum Gasteiger partial charge on any atom is 1.00 e. The van der Waals surface area contributed by atoms with E-state index >= 15 is 0 Å². The molecule has 0 atom stereocenters. The van der Waals surface area contributed by atoms with Gasteiger partial charge < -0.3 is 15.6 Å². The number of rotatable bonds is 1. The van der Waals surface area contributed by atoms with Gasteiger partial charge in [0, 0.05) is 6.54 Å². The Bertz CT molecular complexity index is 52.9. The lowest BCUT2D eigenvalue weighted by Gasteiger charge is -1.71. The summed E-state index contributed by atoms with van der Waals surface area (Å²) >= 11 is 0. The molecule has 0 radical (unpaired) electrons. The zero-order valence-electron chi connectivity index (χ0n) is 6.35. The molecule has 3 nitrogen and oxygen atoms in total. The molecule has 0 spiro atoms. The predicted octanol–water partition coefficient (Wildman–Crippen LogP) is -0.355. The molecule has 8 heavy (non-hydrogen) atoms. The Morgan fingerprint density at radius 1 is 1.75 bits per heavy atom. The lowest BCUT2D eigenvalue weighted by molar-refractivity contribution is -0.114. The molecule has 0 aromatic heterocycles. The lowest BCUT2D eigenvalue weighted by atomic mass is 10.6. The van der Waals surface area contributed by atoms with Crippen LogP contribution in [0.1, 0.15) is 15.3 Å². The Kier molecular flexibility index (Phi) is 12.9. The molecule has 0 unspecified atom stereocenters. The van der Waals surface area contributed by atoms with Gasteiger partial charge >= 0.3 is 1.43 Å². The van der Waals surface area contributed by atoms with E-state index in [0.29, 0.717) is 6.54 Å². The van der Waals surface area contributed by atoms with Gasteiger partial charge in [0.25, 0.3) is 0 Å². The fraction of sp³-hybridized carbons (Fsp3) is 0.800. The summed E-state index contributed by atoms with van der Waals surface area (Å²) in [7, 11) is 0. The quantitative estimate of drug-likeness (QED) is 0.497. The van der Waals surface area contributed by atoms with Gasteiger partial charge in [-0.1, -0.05) is 0 Å². The van der Waals surface area contributed by atoms with Crippen LogP contribution in [0.4, 0.5) is 0 Å². The van der Waals surface area contributed by atoms with Gasteiger partial charge in [-0.2, -0.15) is 0 Å². The zero-order chi connectivity index (χ0) is 6.99. The average molecular weight is 120 g/mol. The first-order valence-corrected chi connectivity index (χ1v) is 2.43. The van der Waals surface area contributed by atoms with E-state index in [9.17, 15) is 4.79 Å². The van der Waals surface area contributed by atoms with E-state index in [0.717, 1.165) is 0 Å². The minimum Gasteiger partial charge on any atom is -0.395 e. The highest BCUT2D eigenvalue weighted by Gasteiger charge is 1.62. The van der Waals surface area contributed by atoms with Crippen molar-refractivity contribution in [1.29, 1.82) is 0 Å². The Hall–Kier alpha value is -0.410. The number of carbonyl (C=O) groups excluding carboxylic acids is 1. The minimum atomic E-state index is 0. The van der Waals surface area contributed by atoms with E-state index < -0.39 is 0 Å². The fourth-order valence-electron chi connectivity index (χ4n) is 0. The summed E-state index contributed by atoms with van der Waals surface area (Å²) in [6.45, 7) is 3.53. The highest BCUT2D eigenvalue weighted by Crippen LogP contribution is 1.50. The Labute approximate surface area is 51.0 Å². The molecule has 50 valence electrons. The number of Topliss-reactive ketones (excluding diaryl/α,β-unsaturated/α-hetero) is 1. The van der Waals surface area contributed by atoms with Gasteiger partial charge in [0.05, 0.1) is 6.61 Å². The third-order valence-corrected chi connectivity index (χ3v) is 0.129. The first kappa shape index (κ1) is 10.5. The maximum atomic E-state index is 9.44. The molecule has 3 heteroatoms. The minimum absolute atomic E-state index is 0. The van der Waals surface area contributed by atoms with Crippen molar-refractivity contribution >= 4 is 5.78 Å². The van der Waals surface area contributed by atoms with E-state index in [1.165, 1.54) is 13.8 Å². The maximum absolute atomic E-state index is 9.44. The van der Waals surface area contributed by atoms with E-state index in [2.05, 4.69) is 0 Å². The number of carbonyl (C=O) groups is 1. The van der Waals surface area contributed by atoms with Crippen molar-refractivity contribution < 1.29 is 11.3 Å². The van der Waals surface area contributed by atoms with E-state index in [1.54, 1.807) is 0 Å². The summed E-state index contributed by atoms with van der Waals surface area (Å²) in [5, 5.41) is 7.75. The molecule has 0 saturated heterocycles. The Morgan fingerprint density at radius 2 is 1.88 bits per heavy atom. The van der Waals surface area contributed by atoms with Gasteiger partial charge in [-0.15, -0.1) is 0 Å². The van der Waals surface area contributed by atoms with Gasteiger partial charge in [0.2, 0.25) is 0 Å². The van der Waals surface area contributed by atoms with Crippen molar-refractivity contribution in [3.8, 4) is 0 Å². The Balaban J connectivity index is -0.0000000720. The normalized spacial score (nSPS) is 7.00. The van der Waals surface area contributed by atoms with Crippen molar-refractivity contribution in [1.82, 2.24) is 0 Å². The van der Waals surface area contributed by atoms with Crippen LogP contribution in [0.5, 0.6) is 0 Å². The smallest absolute Gasteiger partial charge is 0.395 e. The molecule has 0 saturated carbocycles. The van der Waals surface area contributed by atoms with Crippen molar-refractivity contribution in [3.05, 3.63) is 0 Å². The topological polar surface area (TPSA) is 63.3 Å². The molecular formula is C5H14NO2+. The third kappa shape index (κ3) is 338. The summed E-state index contributed by atoms with van der Waals surface area (Å²) in [6.07, 6.45) is 0. The molecule has 0 heterocycles. The second kappa shape index (κ2) is 9.77. The second-order valence-electron chi connectivity index (χ2n) is 1.42. The van der Waals surface area contributed by atoms with Crippen LogP contribution in [0, 0.1) is 0 Å². The number of nitrogens with two attached hydrogens (primary N) is 1. The van der Waals surface area contributed by atoms with E-state index in [1.807, 2.05) is 0 Å². The van der Waals surface area contributed by atoms with Crippen LogP contribution < -0.4 is 5.73 Å². The average Bonchev–Trinajstić information content (AvgIpc) is 1.65. The van der Waals surface area contributed by atoms with E-state index in [4.69, 9.17) is 10.8 Å². The second-order valence-corrected chi connectivity index (χ2v) is 1.42. The van der Waals surface area contributed by atoms with Crippen LogP contribution in [-0.2, 0) is 4.79 Å². The SMILES string of the molecule is CC(C)=O.NCCO.[H+]. The summed E-state index contributed by atoms with van der Waals surface area (Å²) < 4.78 is 0. The van der Waals surface area contributed by atoms with Crippen LogP contribution in [0.15, 0.2) is 0 Å². The molecule has 0 bridgehead atoms. The molecule has 0 rings (SSSR count). The molecular weight excluding hydrogens is 106 g/mol. The van der Waals surface area contributed by atoms with Gasteiger partial charge in [0.1, 0.15) is 5.78 Å². The molecule has 0 aliphatic rings. The molecule has 0 amide bonds. The van der Waals surface area contributed by atoms with Gasteiger partial charge in [-0.25, -0.2) is 0 Å². The van der Waals surface area contributed by atoms with Crippen molar-refractivity contribution in [3.63, 3.8) is 0 Å². The van der Waals surface area contributed by atoms with Gasteiger partial charge in [-0.05, 0) is 13.8 Å². The number of ketones is 1. The number of hydrogen-bond acceptors (Lipinski definition) is 3. The molecule has 0 aliphatic carbocycles. The molecule has 0 fully saturated rings. The monoisotopic (exact) mass is 120 g/mol. The number of hydrogen-bond donors (Lipinski definition) is 2. The van der Waals surface area contributed by atoms with Crippen LogP contribution in [0.3, 0.4) is 0 Å². The standard InChI is InChI=1S/C3H6O.C2H7NO/c1-3(2)4;3-1-2-4/h1-2H3;4H,1-3H2/p+1. The van der Waals surface area contributed by atoms with Crippen LogP contribution in [0.2, 0.25) is 0 Å². The fourth-order valence-corrected chi connectivity index (χ4v) is 0. The van der Waals surface area contributed by atoms with E-state index in [-0.39, 0.29) is 13.8 Å². The molecule has 0 aliphatic heterocycles. The number of aliphatic hydroxyl groups is 1. The third-order valence-electron chi connectivity index (χ3n) is 0.129. The highest BCUT2D eigenvalue weighted by molar-refractivity contribution is 5.72. The molecule has 0 aromatic carbocycles. The first-order chi connectivity index (χ1) is 3.65. The van der Waals surface area contributed by atoms with Crippen LogP contribution in [-0.4, -0.2) is 24.0 Å². The first-order valence-electron chi connectivity index (χ1n) is 2.43. The Morgan fingerprint density at radius 3 is 1.88 bits per heavy atom. The molecule has 3 N–H and O–H groups in total. The van der Waals surface area contributed by atoms with Crippen molar-refractivity contribution in [2.75, 3.05) is 13.2 Å². The van der Waals surface area contributed by atoms with Crippen LogP contribution >= 0.6 is 0 Å². The number of aliphatic hydroxyl groups excluding tert-OH is 1. The van der Waals surface area contributed by atoms with Crippen molar-refractivity contribution in [2.45, 2.75) is 13.8 Å². The largest absolute Gasteiger partial charge is 1.00 e. The van der Waals surface area contributed by atoms with Crippen LogP contribution in [0.25, 0.3) is 0 Å². The van der Waals surface area contributed by atoms with Gasteiger partial charge in [0.15, 0.2) is 0 Å². The molecule has 0 aromatic rings. The summed E-state index contributed by atoms with van der Waals surface area (Å²) in [5.41, 5.74) is 4.78. The summed E-state index contributed by atoms with van der Waals surface area (Å²) in [4.78, 5) is 9.44.